The van der Waals surface area contributed by atoms with Gasteiger partial charge in [-0.2, -0.15) is 0 Å². The molecule has 30 heavy (non-hydrogen) atoms. The Kier molecular flexibility index (Phi) is 8.31. The van der Waals surface area contributed by atoms with E-state index in [4.69, 9.17) is 20.4 Å². The van der Waals surface area contributed by atoms with Crippen LogP contribution in [0.2, 0.25) is 0 Å². The summed E-state index contributed by atoms with van der Waals surface area (Å²) in [5.74, 6) is 0.428. The second-order valence-corrected chi connectivity index (χ2v) is 6.06. The molecule has 0 aliphatic rings. The molecule has 0 fully saturated rings. The molecule has 0 unspecified atom stereocenters. The first-order chi connectivity index (χ1) is 14.4. The van der Waals surface area contributed by atoms with Gasteiger partial charge in [-0.25, -0.2) is 14.4 Å². The largest absolute Gasteiger partial charge is 0.496 e. The number of aliphatic imine (C=N–C) groups is 1. The van der Waals surface area contributed by atoms with Crippen LogP contribution >= 0.6 is 0 Å². The van der Waals surface area contributed by atoms with E-state index in [9.17, 15) is 4.39 Å². The first-order valence-corrected chi connectivity index (χ1v) is 9.00. The van der Waals surface area contributed by atoms with Crippen molar-refractivity contribution < 1.29 is 19.0 Å². The molecule has 156 valence electrons. The summed E-state index contributed by atoms with van der Waals surface area (Å²) in [6.07, 6.45) is 1.66. The molecule has 3 aromatic rings. The van der Waals surface area contributed by atoms with Gasteiger partial charge < -0.3 is 20.9 Å². The minimum atomic E-state index is -0.833. The highest BCUT2D eigenvalue weighted by atomic mass is 19.1. The third-order valence-electron chi connectivity index (χ3n) is 3.82. The number of aliphatic carboxylic acids is 1. The number of guanidine groups is 1. The number of ether oxygens (including phenoxy) is 1. The van der Waals surface area contributed by atoms with Crippen LogP contribution in [0.25, 0.3) is 11.1 Å². The average Bonchev–Trinajstić information content (AvgIpc) is 2.73. The van der Waals surface area contributed by atoms with Gasteiger partial charge >= 0.3 is 0 Å². The summed E-state index contributed by atoms with van der Waals surface area (Å²) in [4.78, 5) is 17.7. The number of aromatic nitrogens is 1. The smallest absolute Gasteiger partial charge is 0.300 e. The Bertz CT molecular complexity index is 1000. The molecule has 4 N–H and O–H groups in total. The summed E-state index contributed by atoms with van der Waals surface area (Å²) < 4.78 is 18.5. The van der Waals surface area contributed by atoms with Gasteiger partial charge in [0.2, 0.25) is 0 Å². The fourth-order valence-electron chi connectivity index (χ4n) is 2.53. The van der Waals surface area contributed by atoms with Crippen molar-refractivity contribution in [3.63, 3.8) is 0 Å². The fraction of sp³-hybridized carbons (Fsp3) is 0.136. The van der Waals surface area contributed by atoms with Gasteiger partial charge in [-0.1, -0.05) is 30.3 Å². The number of carboxylic acids is 1. The van der Waals surface area contributed by atoms with Crippen molar-refractivity contribution in [1.29, 1.82) is 0 Å². The minimum absolute atomic E-state index is 0.234. The van der Waals surface area contributed by atoms with Crippen molar-refractivity contribution in [3.05, 3.63) is 78.2 Å². The van der Waals surface area contributed by atoms with Crippen LogP contribution in [0.3, 0.4) is 0 Å². The summed E-state index contributed by atoms with van der Waals surface area (Å²) in [6.45, 7) is 1.46. The van der Waals surface area contributed by atoms with Crippen LogP contribution in [0.5, 0.6) is 5.75 Å². The Balaban J connectivity index is 0.000000735. The number of benzene rings is 2. The molecule has 0 aliphatic carbocycles. The Morgan fingerprint density at radius 1 is 1.17 bits per heavy atom. The van der Waals surface area contributed by atoms with Crippen LogP contribution < -0.4 is 15.8 Å². The molecule has 0 spiro atoms. The van der Waals surface area contributed by atoms with Crippen LogP contribution in [-0.4, -0.2) is 29.1 Å². The van der Waals surface area contributed by atoms with Crippen LogP contribution in [0.15, 0.2) is 71.9 Å². The van der Waals surface area contributed by atoms with Gasteiger partial charge in [0.1, 0.15) is 17.4 Å². The molecule has 0 atom stereocenters. The van der Waals surface area contributed by atoms with Crippen molar-refractivity contribution >= 4 is 17.7 Å². The van der Waals surface area contributed by atoms with Crippen LogP contribution in [0.1, 0.15) is 12.5 Å². The second-order valence-electron chi connectivity index (χ2n) is 6.06. The molecule has 2 aromatic carbocycles. The van der Waals surface area contributed by atoms with Gasteiger partial charge in [0.05, 0.1) is 13.7 Å². The Morgan fingerprint density at radius 2 is 1.83 bits per heavy atom. The molecule has 0 radical (unpaired) electrons. The maximum Gasteiger partial charge on any atom is 0.300 e. The number of rotatable bonds is 5. The predicted octanol–water partition coefficient (Wildman–Crippen LogP) is 3.91. The first kappa shape index (κ1) is 22.4. The topological polar surface area (TPSA) is 110 Å². The third-order valence-corrected chi connectivity index (χ3v) is 3.82. The maximum atomic E-state index is 13.2. The molecule has 0 saturated carbocycles. The zero-order valence-electron chi connectivity index (χ0n) is 16.7. The lowest BCUT2D eigenvalue weighted by molar-refractivity contribution is -0.134. The number of carbonyl (C=O) groups is 1. The van der Waals surface area contributed by atoms with E-state index < -0.39 is 5.97 Å². The molecule has 1 heterocycles. The normalized spacial score (nSPS) is 10.6. The van der Waals surface area contributed by atoms with Gasteiger partial charge in [0.15, 0.2) is 5.96 Å². The number of pyridine rings is 1. The first-order valence-electron chi connectivity index (χ1n) is 9.00. The molecule has 0 amide bonds. The SMILES string of the molecule is CC(=O)O.COc1ccccc1CN=C(N)Nc1ncccc1-c1ccc(F)cc1. The minimum Gasteiger partial charge on any atom is -0.496 e. The molecule has 8 heteroatoms. The highest BCUT2D eigenvalue weighted by molar-refractivity contribution is 5.95. The number of hydrogen-bond donors (Lipinski definition) is 3. The highest BCUT2D eigenvalue weighted by Crippen LogP contribution is 2.26. The van der Waals surface area contributed by atoms with E-state index in [2.05, 4.69) is 15.3 Å². The maximum absolute atomic E-state index is 13.2. The number of nitrogens with one attached hydrogen (secondary N) is 1. The Hall–Kier alpha value is -3.94. The Labute approximate surface area is 174 Å². The van der Waals surface area contributed by atoms with E-state index in [-0.39, 0.29) is 11.8 Å². The lowest BCUT2D eigenvalue weighted by Crippen LogP contribution is -2.23. The van der Waals surface area contributed by atoms with Crippen molar-refractivity contribution in [2.75, 3.05) is 12.4 Å². The lowest BCUT2D eigenvalue weighted by Gasteiger charge is -2.11. The third kappa shape index (κ3) is 6.90. The predicted molar refractivity (Wildman–Crippen MR) is 115 cm³/mol. The van der Waals surface area contributed by atoms with Gasteiger partial charge in [-0.05, 0) is 35.9 Å². The summed E-state index contributed by atoms with van der Waals surface area (Å²) in [6, 6.07) is 17.5. The number of nitrogens with two attached hydrogens (primary N) is 1. The molecule has 0 aliphatic heterocycles. The van der Waals surface area contributed by atoms with Crippen molar-refractivity contribution in [3.8, 4) is 16.9 Å². The number of para-hydroxylation sites is 1. The average molecular weight is 410 g/mol. The van der Waals surface area contributed by atoms with Crippen molar-refractivity contribution in [1.82, 2.24) is 4.98 Å². The molecule has 0 saturated heterocycles. The zero-order chi connectivity index (χ0) is 21.9. The summed E-state index contributed by atoms with van der Waals surface area (Å²) in [5, 5.41) is 10.4. The zero-order valence-corrected chi connectivity index (χ0v) is 16.7. The number of hydrogen-bond acceptors (Lipinski definition) is 4. The monoisotopic (exact) mass is 410 g/mol. The summed E-state index contributed by atoms with van der Waals surface area (Å²) >= 11 is 0. The van der Waals surface area contributed by atoms with E-state index in [1.54, 1.807) is 25.4 Å². The van der Waals surface area contributed by atoms with E-state index in [1.165, 1.54) is 12.1 Å². The molecular formula is C22H23FN4O3. The number of carboxylic acid groups (broad SMARTS) is 1. The Morgan fingerprint density at radius 3 is 2.50 bits per heavy atom. The van der Waals surface area contributed by atoms with E-state index in [1.807, 2.05) is 36.4 Å². The van der Waals surface area contributed by atoms with Gasteiger partial charge in [0, 0.05) is 24.2 Å². The number of methoxy groups -OCH3 is 1. The number of anilines is 1. The van der Waals surface area contributed by atoms with Crippen LogP contribution in [0, 0.1) is 5.82 Å². The summed E-state index contributed by atoms with van der Waals surface area (Å²) in [5.41, 5.74) is 8.59. The standard InChI is InChI=1S/C20H19FN4O.C2H4O2/c1-26-18-7-3-2-5-15(18)13-24-20(22)25-19-17(6-4-12-23-19)14-8-10-16(21)11-9-14;1-2(3)4/h2-12H,13H2,1H3,(H3,22,23,24,25);1H3,(H,3,4). The second kappa shape index (κ2) is 11.2. The van der Waals surface area contributed by atoms with Gasteiger partial charge in [-0.3, -0.25) is 4.79 Å². The summed E-state index contributed by atoms with van der Waals surface area (Å²) in [7, 11) is 1.62. The quantitative estimate of drug-likeness (QED) is 0.434. The van der Waals surface area contributed by atoms with E-state index in [0.717, 1.165) is 29.4 Å². The highest BCUT2D eigenvalue weighted by Gasteiger charge is 2.08. The van der Waals surface area contributed by atoms with Gasteiger partial charge in [0.25, 0.3) is 5.97 Å². The van der Waals surface area contributed by atoms with E-state index in [0.29, 0.717) is 12.4 Å². The fourth-order valence-corrected chi connectivity index (χ4v) is 2.53. The molecule has 3 rings (SSSR count). The molecule has 1 aromatic heterocycles. The van der Waals surface area contributed by atoms with E-state index >= 15 is 0 Å². The van der Waals surface area contributed by atoms with Gasteiger partial charge in [-0.15, -0.1) is 0 Å². The molecular weight excluding hydrogens is 387 g/mol. The molecule has 0 bridgehead atoms. The van der Waals surface area contributed by atoms with Crippen LogP contribution in [-0.2, 0) is 11.3 Å². The number of nitrogens with zero attached hydrogens (tertiary/aromatic N) is 2. The van der Waals surface area contributed by atoms with Crippen LogP contribution in [0.4, 0.5) is 10.2 Å². The van der Waals surface area contributed by atoms with Crippen molar-refractivity contribution in [2.24, 2.45) is 10.7 Å². The number of halogens is 1. The van der Waals surface area contributed by atoms with Crippen molar-refractivity contribution in [2.45, 2.75) is 13.5 Å². The lowest BCUT2D eigenvalue weighted by atomic mass is 10.1. The molecule has 7 nitrogen and oxygen atoms in total.